The molecule has 0 unspecified atom stereocenters. The Bertz CT molecular complexity index is 398. The molecule has 0 fully saturated rings. The molecule has 60 valence electrons. The van der Waals surface area contributed by atoms with Gasteiger partial charge in [0.05, 0.1) is 5.52 Å². The summed E-state index contributed by atoms with van der Waals surface area (Å²) < 4.78 is 0. The van der Waals surface area contributed by atoms with Crippen LogP contribution in [0.2, 0.25) is 0 Å². The SMILES string of the molecule is CCc1ccc2nncnc2c1. The number of aryl methyl sites for hydroxylation is 1. The van der Waals surface area contributed by atoms with E-state index in [1.54, 1.807) is 0 Å². The number of fused-ring (bicyclic) bond motifs is 1. The second kappa shape index (κ2) is 2.85. The lowest BCUT2D eigenvalue weighted by atomic mass is 10.1. The fourth-order valence-electron chi connectivity index (χ4n) is 1.15. The van der Waals surface area contributed by atoms with Gasteiger partial charge in [-0.25, -0.2) is 4.98 Å². The molecule has 2 aromatic rings. The third-order valence-corrected chi connectivity index (χ3v) is 1.86. The Morgan fingerprint density at radius 1 is 1.25 bits per heavy atom. The van der Waals surface area contributed by atoms with Crippen molar-refractivity contribution in [3.63, 3.8) is 0 Å². The molecule has 1 aromatic heterocycles. The highest BCUT2D eigenvalue weighted by atomic mass is 15.1. The molecule has 0 aliphatic rings. The van der Waals surface area contributed by atoms with Gasteiger partial charge in [0, 0.05) is 0 Å². The summed E-state index contributed by atoms with van der Waals surface area (Å²) in [6.45, 7) is 2.12. The molecule has 0 bridgehead atoms. The van der Waals surface area contributed by atoms with Crippen molar-refractivity contribution in [3.8, 4) is 0 Å². The van der Waals surface area contributed by atoms with Crippen molar-refractivity contribution in [3.05, 3.63) is 30.1 Å². The fraction of sp³-hybridized carbons (Fsp3) is 0.222. The van der Waals surface area contributed by atoms with Crippen LogP contribution in [0, 0.1) is 0 Å². The van der Waals surface area contributed by atoms with Crippen LogP contribution in [0.1, 0.15) is 12.5 Å². The second-order valence-electron chi connectivity index (χ2n) is 2.64. The van der Waals surface area contributed by atoms with Crippen molar-refractivity contribution >= 4 is 11.0 Å². The Morgan fingerprint density at radius 3 is 3.00 bits per heavy atom. The van der Waals surface area contributed by atoms with E-state index in [9.17, 15) is 0 Å². The molecule has 0 saturated heterocycles. The highest BCUT2D eigenvalue weighted by molar-refractivity contribution is 5.73. The first-order chi connectivity index (χ1) is 5.90. The molecule has 0 saturated carbocycles. The van der Waals surface area contributed by atoms with Crippen LogP contribution in [0.4, 0.5) is 0 Å². The number of hydrogen-bond donors (Lipinski definition) is 0. The van der Waals surface area contributed by atoms with Gasteiger partial charge in [0.1, 0.15) is 11.8 Å². The minimum Gasteiger partial charge on any atom is -0.233 e. The molecule has 1 heterocycles. The fourth-order valence-corrected chi connectivity index (χ4v) is 1.15. The van der Waals surface area contributed by atoms with Gasteiger partial charge in [-0.1, -0.05) is 13.0 Å². The quantitative estimate of drug-likeness (QED) is 0.634. The number of aromatic nitrogens is 3. The molecule has 0 N–H and O–H groups in total. The van der Waals surface area contributed by atoms with E-state index in [-0.39, 0.29) is 0 Å². The van der Waals surface area contributed by atoms with Crippen LogP contribution in [-0.4, -0.2) is 15.2 Å². The summed E-state index contributed by atoms with van der Waals surface area (Å²) in [5.74, 6) is 0. The first kappa shape index (κ1) is 7.16. The highest BCUT2D eigenvalue weighted by Gasteiger charge is 1.95. The number of nitrogens with zero attached hydrogens (tertiary/aromatic N) is 3. The molecule has 0 spiro atoms. The number of rotatable bonds is 1. The first-order valence-electron chi connectivity index (χ1n) is 3.96. The monoisotopic (exact) mass is 159 g/mol. The van der Waals surface area contributed by atoms with Crippen LogP contribution in [0.25, 0.3) is 11.0 Å². The van der Waals surface area contributed by atoms with Gasteiger partial charge >= 0.3 is 0 Å². The molecule has 12 heavy (non-hydrogen) atoms. The van der Waals surface area contributed by atoms with Gasteiger partial charge in [-0.15, -0.1) is 10.2 Å². The van der Waals surface area contributed by atoms with Crippen LogP contribution in [0.15, 0.2) is 24.5 Å². The van der Waals surface area contributed by atoms with Crippen LogP contribution in [0.3, 0.4) is 0 Å². The number of hydrogen-bond acceptors (Lipinski definition) is 3. The molecule has 0 aliphatic heterocycles. The summed E-state index contributed by atoms with van der Waals surface area (Å²) in [6, 6.07) is 6.05. The normalized spacial score (nSPS) is 10.4. The largest absolute Gasteiger partial charge is 0.233 e. The van der Waals surface area contributed by atoms with Crippen molar-refractivity contribution in [1.29, 1.82) is 0 Å². The molecule has 3 heteroatoms. The van der Waals surface area contributed by atoms with Gasteiger partial charge in [-0.05, 0) is 24.1 Å². The molecule has 1 aromatic carbocycles. The number of benzene rings is 1. The summed E-state index contributed by atoms with van der Waals surface area (Å²) in [6.07, 6.45) is 2.50. The van der Waals surface area contributed by atoms with Crippen molar-refractivity contribution < 1.29 is 0 Å². The van der Waals surface area contributed by atoms with Crippen LogP contribution in [0.5, 0.6) is 0 Å². The smallest absolute Gasteiger partial charge is 0.138 e. The molecule has 2 rings (SSSR count). The minimum atomic E-state index is 0.856. The molecular formula is C9H9N3. The van der Waals surface area contributed by atoms with Gasteiger partial charge in [0.25, 0.3) is 0 Å². The maximum atomic E-state index is 4.12. The predicted molar refractivity (Wildman–Crippen MR) is 46.7 cm³/mol. The van der Waals surface area contributed by atoms with Crippen molar-refractivity contribution in [2.45, 2.75) is 13.3 Å². The molecular weight excluding hydrogens is 150 g/mol. The van der Waals surface area contributed by atoms with Crippen molar-refractivity contribution in [1.82, 2.24) is 15.2 Å². The minimum absolute atomic E-state index is 0.856. The van der Waals surface area contributed by atoms with E-state index in [1.165, 1.54) is 11.9 Å². The molecule has 3 nitrogen and oxygen atoms in total. The molecule has 0 atom stereocenters. The Hall–Kier alpha value is -1.51. The zero-order valence-electron chi connectivity index (χ0n) is 6.86. The standard InChI is InChI=1S/C9H9N3/c1-2-7-3-4-8-9(5-7)10-6-11-12-8/h3-6H,2H2,1H3. The Balaban J connectivity index is 2.67. The highest BCUT2D eigenvalue weighted by Crippen LogP contribution is 2.09. The van der Waals surface area contributed by atoms with Gasteiger partial charge in [0.15, 0.2) is 0 Å². The topological polar surface area (TPSA) is 38.7 Å². The Morgan fingerprint density at radius 2 is 2.17 bits per heavy atom. The van der Waals surface area contributed by atoms with E-state index in [0.717, 1.165) is 17.5 Å². The zero-order chi connectivity index (χ0) is 8.39. The Labute approximate surface area is 70.5 Å². The lowest BCUT2D eigenvalue weighted by Gasteiger charge is -1.97. The maximum Gasteiger partial charge on any atom is 0.138 e. The van der Waals surface area contributed by atoms with Crippen LogP contribution in [-0.2, 0) is 6.42 Å². The van der Waals surface area contributed by atoms with Gasteiger partial charge in [-0.2, -0.15) is 0 Å². The summed E-state index contributed by atoms with van der Waals surface area (Å²) in [5, 5.41) is 7.65. The van der Waals surface area contributed by atoms with Crippen molar-refractivity contribution in [2.75, 3.05) is 0 Å². The van der Waals surface area contributed by atoms with Gasteiger partial charge in [0.2, 0.25) is 0 Å². The van der Waals surface area contributed by atoms with E-state index in [0.29, 0.717) is 0 Å². The summed E-state index contributed by atoms with van der Waals surface area (Å²) in [7, 11) is 0. The van der Waals surface area contributed by atoms with E-state index in [1.807, 2.05) is 12.1 Å². The van der Waals surface area contributed by atoms with E-state index in [2.05, 4.69) is 28.2 Å². The van der Waals surface area contributed by atoms with E-state index >= 15 is 0 Å². The average Bonchev–Trinajstić information content (AvgIpc) is 2.17. The molecule has 0 radical (unpaired) electrons. The lowest BCUT2D eigenvalue weighted by Crippen LogP contribution is -1.88. The third-order valence-electron chi connectivity index (χ3n) is 1.86. The second-order valence-corrected chi connectivity index (χ2v) is 2.64. The maximum absolute atomic E-state index is 4.12. The lowest BCUT2D eigenvalue weighted by molar-refractivity contribution is 1.02. The third kappa shape index (κ3) is 1.13. The average molecular weight is 159 g/mol. The van der Waals surface area contributed by atoms with E-state index < -0.39 is 0 Å². The Kier molecular flexibility index (Phi) is 1.70. The summed E-state index contributed by atoms with van der Waals surface area (Å²) >= 11 is 0. The first-order valence-corrected chi connectivity index (χ1v) is 3.96. The van der Waals surface area contributed by atoms with E-state index in [4.69, 9.17) is 0 Å². The van der Waals surface area contributed by atoms with Gasteiger partial charge < -0.3 is 0 Å². The van der Waals surface area contributed by atoms with Crippen LogP contribution < -0.4 is 0 Å². The molecule has 0 amide bonds. The summed E-state index contributed by atoms with van der Waals surface area (Å²) in [4.78, 5) is 4.12. The predicted octanol–water partition coefficient (Wildman–Crippen LogP) is 1.59. The van der Waals surface area contributed by atoms with Crippen molar-refractivity contribution in [2.24, 2.45) is 0 Å². The zero-order valence-corrected chi connectivity index (χ0v) is 6.86. The van der Waals surface area contributed by atoms with Gasteiger partial charge in [-0.3, -0.25) is 0 Å². The van der Waals surface area contributed by atoms with Crippen LogP contribution >= 0.6 is 0 Å². The molecule has 0 aliphatic carbocycles. The summed E-state index contributed by atoms with van der Waals surface area (Å²) in [5.41, 5.74) is 3.06.